The van der Waals surface area contributed by atoms with E-state index in [1.165, 1.54) is 11.3 Å². The predicted molar refractivity (Wildman–Crippen MR) is 114 cm³/mol. The molecular formula is C24H31N3O. The third-order valence-corrected chi connectivity index (χ3v) is 6.10. The fraction of sp³-hybridized carbons (Fsp3) is 0.458. The molecule has 2 aliphatic heterocycles. The lowest BCUT2D eigenvalue weighted by molar-refractivity contribution is -0.126. The molecule has 2 aromatic carbocycles. The van der Waals surface area contributed by atoms with Crippen molar-refractivity contribution in [1.29, 1.82) is 0 Å². The van der Waals surface area contributed by atoms with Crippen molar-refractivity contribution >= 4 is 11.6 Å². The van der Waals surface area contributed by atoms with Gasteiger partial charge in [-0.3, -0.25) is 9.69 Å². The zero-order valence-electron chi connectivity index (χ0n) is 16.6. The number of nitrogens with zero attached hydrogens (tertiary/aromatic N) is 2. The number of likely N-dealkylation sites (tertiary alicyclic amines) is 1. The van der Waals surface area contributed by atoms with Crippen molar-refractivity contribution in [3.63, 3.8) is 0 Å². The Morgan fingerprint density at radius 3 is 2.46 bits per heavy atom. The van der Waals surface area contributed by atoms with Crippen molar-refractivity contribution in [2.75, 3.05) is 37.6 Å². The number of carbonyl (C=O) groups is 1. The second kappa shape index (κ2) is 9.24. The lowest BCUT2D eigenvalue weighted by Gasteiger charge is -2.32. The van der Waals surface area contributed by atoms with E-state index in [1.807, 2.05) is 0 Å². The highest BCUT2D eigenvalue weighted by Gasteiger charge is 2.28. The summed E-state index contributed by atoms with van der Waals surface area (Å²) < 4.78 is 0. The fourth-order valence-electron chi connectivity index (χ4n) is 4.52. The van der Waals surface area contributed by atoms with Crippen molar-refractivity contribution in [2.45, 2.75) is 25.8 Å². The molecule has 0 aromatic heterocycles. The molecule has 0 radical (unpaired) electrons. The highest BCUT2D eigenvalue weighted by atomic mass is 16.1. The van der Waals surface area contributed by atoms with Crippen LogP contribution in [-0.2, 0) is 11.3 Å². The van der Waals surface area contributed by atoms with Gasteiger partial charge in [0.15, 0.2) is 0 Å². The molecule has 1 amide bonds. The van der Waals surface area contributed by atoms with Gasteiger partial charge < -0.3 is 10.2 Å². The van der Waals surface area contributed by atoms with Crippen molar-refractivity contribution in [3.8, 4) is 0 Å². The molecule has 2 saturated heterocycles. The molecule has 4 nitrogen and oxygen atoms in total. The summed E-state index contributed by atoms with van der Waals surface area (Å²) in [6.45, 7) is 5.83. The van der Waals surface area contributed by atoms with Crippen molar-refractivity contribution in [2.24, 2.45) is 11.8 Å². The maximum Gasteiger partial charge on any atom is 0.224 e. The Kier molecular flexibility index (Phi) is 6.27. The van der Waals surface area contributed by atoms with Gasteiger partial charge in [0, 0.05) is 38.4 Å². The third kappa shape index (κ3) is 4.93. The zero-order valence-corrected chi connectivity index (χ0v) is 16.6. The van der Waals surface area contributed by atoms with E-state index in [0.29, 0.717) is 5.92 Å². The first-order chi connectivity index (χ1) is 13.8. The lowest BCUT2D eigenvalue weighted by Crippen LogP contribution is -2.43. The summed E-state index contributed by atoms with van der Waals surface area (Å²) in [5.41, 5.74) is 2.62. The molecule has 0 unspecified atom stereocenters. The van der Waals surface area contributed by atoms with Gasteiger partial charge in [-0.15, -0.1) is 0 Å². The van der Waals surface area contributed by atoms with Crippen LogP contribution in [0.2, 0.25) is 0 Å². The van der Waals surface area contributed by atoms with Crippen LogP contribution >= 0.6 is 0 Å². The molecule has 2 aliphatic rings. The number of piperidine rings is 1. The quantitative estimate of drug-likeness (QED) is 0.836. The average Bonchev–Trinajstić information content (AvgIpc) is 3.23. The number of amides is 1. The van der Waals surface area contributed by atoms with Gasteiger partial charge in [0.1, 0.15) is 0 Å². The number of para-hydroxylation sites is 1. The Balaban J connectivity index is 1.23. The maximum atomic E-state index is 12.8. The molecule has 28 heavy (non-hydrogen) atoms. The summed E-state index contributed by atoms with van der Waals surface area (Å²) in [5, 5.41) is 3.26. The lowest BCUT2D eigenvalue weighted by atomic mass is 9.96. The Hall–Kier alpha value is -2.33. The Morgan fingerprint density at radius 1 is 0.929 bits per heavy atom. The molecule has 0 aliphatic carbocycles. The normalized spacial score (nSPS) is 22.9. The van der Waals surface area contributed by atoms with E-state index < -0.39 is 0 Å². The Labute approximate surface area is 168 Å². The van der Waals surface area contributed by atoms with E-state index in [1.54, 1.807) is 0 Å². The van der Waals surface area contributed by atoms with E-state index in [0.717, 1.165) is 58.5 Å². The van der Waals surface area contributed by atoms with Gasteiger partial charge in [-0.25, -0.2) is 0 Å². The van der Waals surface area contributed by atoms with Gasteiger partial charge in [0.2, 0.25) is 5.91 Å². The minimum Gasteiger partial charge on any atom is -0.371 e. The molecule has 2 heterocycles. The maximum absolute atomic E-state index is 12.8. The van der Waals surface area contributed by atoms with Crippen LogP contribution in [0.15, 0.2) is 60.7 Å². The monoisotopic (exact) mass is 377 g/mol. The second-order valence-electron chi connectivity index (χ2n) is 8.24. The summed E-state index contributed by atoms with van der Waals surface area (Å²) in [7, 11) is 0. The standard InChI is InChI=1S/C24H31N3O/c28-24(22-10-7-14-26(19-22)17-20-8-3-1-4-9-20)25-16-21-13-15-27(18-21)23-11-5-2-6-12-23/h1-6,8-9,11-12,21-22H,7,10,13-19H2,(H,25,28)/t21-,22+/m0/s1. The molecule has 0 spiro atoms. The number of hydrogen-bond acceptors (Lipinski definition) is 3. The Morgan fingerprint density at radius 2 is 1.68 bits per heavy atom. The first-order valence-electron chi connectivity index (χ1n) is 10.6. The number of hydrogen-bond donors (Lipinski definition) is 1. The highest BCUT2D eigenvalue weighted by molar-refractivity contribution is 5.79. The second-order valence-corrected chi connectivity index (χ2v) is 8.24. The van der Waals surface area contributed by atoms with Crippen LogP contribution in [0.25, 0.3) is 0 Å². The molecule has 1 N–H and O–H groups in total. The van der Waals surface area contributed by atoms with E-state index in [-0.39, 0.29) is 11.8 Å². The highest BCUT2D eigenvalue weighted by Crippen LogP contribution is 2.23. The predicted octanol–water partition coefficient (Wildman–Crippen LogP) is 3.54. The molecule has 2 atom stereocenters. The fourth-order valence-corrected chi connectivity index (χ4v) is 4.52. The third-order valence-electron chi connectivity index (χ3n) is 6.10. The minimum atomic E-state index is 0.129. The van der Waals surface area contributed by atoms with Crippen LogP contribution in [0, 0.1) is 11.8 Å². The first-order valence-corrected chi connectivity index (χ1v) is 10.6. The summed E-state index contributed by atoms with van der Waals surface area (Å²) in [5.74, 6) is 0.924. The molecule has 4 rings (SSSR count). The number of carbonyl (C=O) groups excluding carboxylic acids is 1. The van der Waals surface area contributed by atoms with Crippen LogP contribution in [0.1, 0.15) is 24.8 Å². The minimum absolute atomic E-state index is 0.129. The molecule has 2 fully saturated rings. The molecule has 148 valence electrons. The number of benzene rings is 2. The van der Waals surface area contributed by atoms with Crippen LogP contribution in [0.5, 0.6) is 0 Å². The van der Waals surface area contributed by atoms with Crippen LogP contribution < -0.4 is 10.2 Å². The number of rotatable bonds is 6. The van der Waals surface area contributed by atoms with Gasteiger partial charge in [-0.05, 0) is 49.4 Å². The van der Waals surface area contributed by atoms with Gasteiger partial charge in [0.05, 0.1) is 5.92 Å². The van der Waals surface area contributed by atoms with Crippen molar-refractivity contribution < 1.29 is 4.79 Å². The topological polar surface area (TPSA) is 35.6 Å². The summed E-state index contributed by atoms with van der Waals surface area (Å²) in [6.07, 6.45) is 3.27. The molecule has 2 aromatic rings. The van der Waals surface area contributed by atoms with Crippen molar-refractivity contribution in [3.05, 3.63) is 66.2 Å². The molecule has 0 saturated carbocycles. The number of nitrogens with one attached hydrogen (secondary N) is 1. The van der Waals surface area contributed by atoms with Gasteiger partial charge in [0.25, 0.3) is 0 Å². The molecular weight excluding hydrogens is 346 g/mol. The van der Waals surface area contributed by atoms with Crippen LogP contribution in [0.3, 0.4) is 0 Å². The van der Waals surface area contributed by atoms with Crippen LogP contribution in [0.4, 0.5) is 5.69 Å². The largest absolute Gasteiger partial charge is 0.371 e. The number of anilines is 1. The SMILES string of the molecule is O=C(NC[C@@H]1CCN(c2ccccc2)C1)[C@@H]1CCCN(Cc2ccccc2)C1. The van der Waals surface area contributed by atoms with E-state index in [2.05, 4.69) is 75.8 Å². The molecule has 4 heteroatoms. The van der Waals surface area contributed by atoms with E-state index in [4.69, 9.17) is 0 Å². The summed E-state index contributed by atoms with van der Waals surface area (Å²) in [4.78, 5) is 17.6. The van der Waals surface area contributed by atoms with Gasteiger partial charge >= 0.3 is 0 Å². The first kappa shape index (κ1) is 19.0. The van der Waals surface area contributed by atoms with Crippen LogP contribution in [-0.4, -0.2) is 43.5 Å². The van der Waals surface area contributed by atoms with E-state index >= 15 is 0 Å². The van der Waals surface area contributed by atoms with Gasteiger partial charge in [-0.2, -0.15) is 0 Å². The molecule has 0 bridgehead atoms. The Bertz CT molecular complexity index is 749. The smallest absolute Gasteiger partial charge is 0.224 e. The summed E-state index contributed by atoms with van der Waals surface area (Å²) in [6, 6.07) is 21.1. The van der Waals surface area contributed by atoms with Gasteiger partial charge in [-0.1, -0.05) is 48.5 Å². The van der Waals surface area contributed by atoms with E-state index in [9.17, 15) is 4.79 Å². The zero-order chi connectivity index (χ0) is 19.2. The average molecular weight is 378 g/mol. The summed E-state index contributed by atoms with van der Waals surface area (Å²) >= 11 is 0. The van der Waals surface area contributed by atoms with Crippen molar-refractivity contribution in [1.82, 2.24) is 10.2 Å².